The molecule has 1 aromatic rings. The number of hydrogen-bond donors (Lipinski definition) is 3. The number of nitro groups is 1. The summed E-state index contributed by atoms with van der Waals surface area (Å²) in [5.74, 6) is 0.841. The zero-order valence-electron chi connectivity index (χ0n) is 16.1. The Labute approximate surface area is 159 Å². The Morgan fingerprint density at radius 1 is 1.37 bits per heavy atom. The topological polar surface area (TPSA) is 112 Å². The Kier molecular flexibility index (Phi) is 7.39. The average molecular weight is 376 g/mol. The van der Waals surface area contributed by atoms with Crippen LogP contribution in [-0.2, 0) is 4.79 Å². The van der Waals surface area contributed by atoms with E-state index in [-0.39, 0.29) is 23.6 Å². The minimum Gasteiger partial charge on any atom is -0.378 e. The number of nitrogens with zero attached hydrogens (tertiary/aromatic N) is 3. The van der Waals surface area contributed by atoms with Crippen molar-refractivity contribution in [3.63, 3.8) is 0 Å². The zero-order chi connectivity index (χ0) is 19.8. The van der Waals surface area contributed by atoms with E-state index >= 15 is 0 Å². The average Bonchev–Trinajstić information content (AvgIpc) is 3.12. The maximum Gasteiger partial charge on any atom is 0.292 e. The molecular formula is C18H28N6O3. The van der Waals surface area contributed by atoms with Crippen LogP contribution in [0.4, 0.5) is 11.4 Å². The number of nitro benzene ring substituents is 1. The number of benzene rings is 1. The van der Waals surface area contributed by atoms with Gasteiger partial charge in [-0.05, 0) is 12.5 Å². The molecule has 1 aromatic carbocycles. The van der Waals surface area contributed by atoms with E-state index in [1.165, 1.54) is 6.07 Å². The highest BCUT2D eigenvalue weighted by Gasteiger charge is 2.27. The minimum atomic E-state index is -0.402. The van der Waals surface area contributed by atoms with Gasteiger partial charge in [0, 0.05) is 51.3 Å². The third-order valence-electron chi connectivity index (χ3n) is 4.39. The molecule has 0 aromatic heterocycles. The predicted octanol–water partition coefficient (Wildman–Crippen LogP) is 1.43. The van der Waals surface area contributed by atoms with Gasteiger partial charge in [-0.25, -0.2) is 0 Å². The van der Waals surface area contributed by atoms with Crippen molar-refractivity contribution in [1.29, 1.82) is 0 Å². The summed E-state index contributed by atoms with van der Waals surface area (Å²) in [6.07, 6.45) is 0.883. The van der Waals surface area contributed by atoms with Gasteiger partial charge in [-0.15, -0.1) is 0 Å². The lowest BCUT2D eigenvalue weighted by Gasteiger charge is -2.20. The van der Waals surface area contributed by atoms with Crippen LogP contribution in [0.2, 0.25) is 0 Å². The van der Waals surface area contributed by atoms with E-state index in [9.17, 15) is 14.9 Å². The van der Waals surface area contributed by atoms with Crippen molar-refractivity contribution < 1.29 is 9.72 Å². The van der Waals surface area contributed by atoms with Crippen molar-refractivity contribution in [2.75, 3.05) is 38.5 Å². The molecule has 0 aliphatic carbocycles. The number of amides is 1. The molecule has 1 unspecified atom stereocenters. The number of likely N-dealkylation sites (tertiary alicyclic amines) is 1. The van der Waals surface area contributed by atoms with E-state index in [0.717, 1.165) is 13.0 Å². The Morgan fingerprint density at radius 2 is 2.11 bits per heavy atom. The lowest BCUT2D eigenvalue weighted by Crippen LogP contribution is -2.46. The molecule has 3 N–H and O–H groups in total. The molecule has 1 atom stereocenters. The fourth-order valence-electron chi connectivity index (χ4n) is 2.99. The van der Waals surface area contributed by atoms with E-state index in [0.29, 0.717) is 31.3 Å². The standard InChI is InChI=1S/C18H28N6O3/c1-13(2)17(25)23-11-8-14(12-23)22-18(19-3)21-10-9-20-15-6-4-5-7-16(15)24(26)27/h4-7,13-14,20H,8-12H2,1-3H3,(H2,19,21,22). The van der Waals surface area contributed by atoms with Gasteiger partial charge in [0.05, 0.1) is 4.92 Å². The Bertz CT molecular complexity index is 691. The lowest BCUT2D eigenvalue weighted by atomic mass is 10.2. The fraction of sp³-hybridized carbons (Fsp3) is 0.556. The Hall–Kier alpha value is -2.84. The maximum atomic E-state index is 12.1. The van der Waals surface area contributed by atoms with Gasteiger partial charge >= 0.3 is 0 Å². The first-order valence-corrected chi connectivity index (χ1v) is 9.15. The molecule has 0 saturated carbocycles. The summed E-state index contributed by atoms with van der Waals surface area (Å²) >= 11 is 0. The van der Waals surface area contributed by atoms with Crippen LogP contribution in [0.25, 0.3) is 0 Å². The number of para-hydroxylation sites is 2. The summed E-state index contributed by atoms with van der Waals surface area (Å²) in [7, 11) is 1.69. The maximum absolute atomic E-state index is 12.1. The number of anilines is 1. The zero-order valence-corrected chi connectivity index (χ0v) is 16.1. The molecule has 0 spiro atoms. The van der Waals surface area contributed by atoms with Gasteiger partial charge < -0.3 is 20.9 Å². The molecule has 1 saturated heterocycles. The molecule has 1 amide bonds. The summed E-state index contributed by atoms with van der Waals surface area (Å²) in [5, 5.41) is 20.6. The van der Waals surface area contributed by atoms with Crippen LogP contribution in [0.15, 0.2) is 29.3 Å². The molecule has 0 radical (unpaired) electrons. The van der Waals surface area contributed by atoms with Gasteiger partial charge in [0.15, 0.2) is 5.96 Å². The van der Waals surface area contributed by atoms with E-state index in [2.05, 4.69) is 20.9 Å². The minimum absolute atomic E-state index is 0.00862. The van der Waals surface area contributed by atoms with Crippen molar-refractivity contribution in [2.45, 2.75) is 26.3 Å². The van der Waals surface area contributed by atoms with Crippen molar-refractivity contribution in [2.24, 2.45) is 10.9 Å². The highest BCUT2D eigenvalue weighted by atomic mass is 16.6. The largest absolute Gasteiger partial charge is 0.378 e. The van der Waals surface area contributed by atoms with Gasteiger partial charge in [0.2, 0.25) is 5.91 Å². The Balaban J connectivity index is 1.75. The van der Waals surface area contributed by atoms with Gasteiger partial charge in [-0.3, -0.25) is 19.9 Å². The molecule has 1 heterocycles. The molecular weight excluding hydrogens is 348 g/mol. The quantitative estimate of drug-likeness (QED) is 0.218. The number of nitrogens with one attached hydrogen (secondary N) is 3. The van der Waals surface area contributed by atoms with Gasteiger partial charge in [-0.1, -0.05) is 26.0 Å². The normalized spacial score (nSPS) is 17.1. The number of carbonyl (C=O) groups is 1. The Morgan fingerprint density at radius 3 is 2.78 bits per heavy atom. The van der Waals surface area contributed by atoms with Gasteiger partial charge in [0.25, 0.3) is 5.69 Å². The molecule has 27 heavy (non-hydrogen) atoms. The fourth-order valence-corrected chi connectivity index (χ4v) is 2.99. The van der Waals surface area contributed by atoms with Crippen LogP contribution >= 0.6 is 0 Å². The van der Waals surface area contributed by atoms with Crippen LogP contribution < -0.4 is 16.0 Å². The second-order valence-electron chi connectivity index (χ2n) is 6.77. The summed E-state index contributed by atoms with van der Waals surface area (Å²) < 4.78 is 0. The second kappa shape index (κ2) is 9.75. The highest BCUT2D eigenvalue weighted by molar-refractivity contribution is 5.81. The SMILES string of the molecule is CN=C(NCCNc1ccccc1[N+](=O)[O-])NC1CCN(C(=O)C(C)C)C1. The number of aliphatic imine (C=N–C) groups is 1. The van der Waals surface area contributed by atoms with E-state index in [1.54, 1.807) is 25.2 Å². The third kappa shape index (κ3) is 5.83. The smallest absolute Gasteiger partial charge is 0.292 e. The third-order valence-corrected chi connectivity index (χ3v) is 4.39. The number of hydrogen-bond acceptors (Lipinski definition) is 5. The first-order chi connectivity index (χ1) is 12.9. The van der Waals surface area contributed by atoms with Crippen LogP contribution in [-0.4, -0.2) is 61.0 Å². The van der Waals surface area contributed by atoms with E-state index in [4.69, 9.17) is 0 Å². The second-order valence-corrected chi connectivity index (χ2v) is 6.77. The van der Waals surface area contributed by atoms with Crippen LogP contribution in [0.3, 0.4) is 0 Å². The molecule has 9 nitrogen and oxygen atoms in total. The molecule has 1 fully saturated rings. The molecule has 1 aliphatic rings. The van der Waals surface area contributed by atoms with Crippen molar-refractivity contribution >= 4 is 23.2 Å². The van der Waals surface area contributed by atoms with Crippen molar-refractivity contribution in [3.8, 4) is 0 Å². The van der Waals surface area contributed by atoms with Crippen LogP contribution in [0.1, 0.15) is 20.3 Å². The lowest BCUT2D eigenvalue weighted by molar-refractivity contribution is -0.384. The summed E-state index contributed by atoms with van der Waals surface area (Å²) in [5.41, 5.74) is 0.548. The first-order valence-electron chi connectivity index (χ1n) is 9.15. The van der Waals surface area contributed by atoms with Crippen LogP contribution in [0.5, 0.6) is 0 Å². The molecule has 1 aliphatic heterocycles. The molecule has 0 bridgehead atoms. The van der Waals surface area contributed by atoms with Crippen LogP contribution in [0, 0.1) is 16.0 Å². The molecule has 9 heteroatoms. The van der Waals surface area contributed by atoms with Gasteiger partial charge in [0.1, 0.15) is 5.69 Å². The summed E-state index contributed by atoms with van der Waals surface area (Å²) in [4.78, 5) is 28.8. The number of rotatable bonds is 7. The summed E-state index contributed by atoms with van der Waals surface area (Å²) in [6, 6.07) is 6.72. The van der Waals surface area contributed by atoms with Crippen molar-refractivity contribution in [1.82, 2.24) is 15.5 Å². The van der Waals surface area contributed by atoms with E-state index < -0.39 is 4.92 Å². The number of guanidine groups is 1. The van der Waals surface area contributed by atoms with E-state index in [1.807, 2.05) is 18.7 Å². The van der Waals surface area contributed by atoms with Crippen molar-refractivity contribution in [3.05, 3.63) is 34.4 Å². The number of carbonyl (C=O) groups excluding carboxylic acids is 1. The predicted molar refractivity (Wildman–Crippen MR) is 106 cm³/mol. The summed E-state index contributed by atoms with van der Waals surface area (Å²) in [6.45, 7) is 6.31. The highest BCUT2D eigenvalue weighted by Crippen LogP contribution is 2.22. The monoisotopic (exact) mass is 376 g/mol. The molecule has 2 rings (SSSR count). The first kappa shape index (κ1) is 20.5. The van der Waals surface area contributed by atoms with Gasteiger partial charge in [-0.2, -0.15) is 0 Å². The molecule has 148 valence electrons.